The normalized spacial score (nSPS) is 14.7. The van der Waals surface area contributed by atoms with Crippen LogP contribution in [-0.2, 0) is 4.79 Å². The lowest BCUT2D eigenvalue weighted by Crippen LogP contribution is -2.23. The molecule has 3 nitrogen and oxygen atoms in total. The average Bonchev–Trinajstić information content (AvgIpc) is 3.00. The van der Waals surface area contributed by atoms with E-state index in [1.54, 1.807) is 23.1 Å². The van der Waals surface area contributed by atoms with E-state index in [0.29, 0.717) is 12.0 Å². The summed E-state index contributed by atoms with van der Waals surface area (Å²) >= 11 is 0. The van der Waals surface area contributed by atoms with Crippen molar-refractivity contribution in [3.8, 4) is 0 Å². The fourth-order valence-electron chi connectivity index (χ4n) is 2.67. The number of hydrogen-bond donors (Lipinski definition) is 0. The van der Waals surface area contributed by atoms with Gasteiger partial charge in [0.05, 0.1) is 0 Å². The van der Waals surface area contributed by atoms with Gasteiger partial charge in [-0.25, -0.2) is 0 Å². The van der Waals surface area contributed by atoms with Gasteiger partial charge in [0, 0.05) is 24.2 Å². The minimum atomic E-state index is -0.0372. The van der Waals surface area contributed by atoms with Crippen molar-refractivity contribution in [1.29, 1.82) is 0 Å². The molecule has 2 aromatic carbocycles. The average molecular weight is 305 g/mol. The topological polar surface area (TPSA) is 37.4 Å². The molecule has 1 aliphatic rings. The number of carbonyl (C=O) groups excluding carboxylic acids is 2. The van der Waals surface area contributed by atoms with Gasteiger partial charge in [-0.15, -0.1) is 0 Å². The number of carbonyl (C=O) groups is 2. The van der Waals surface area contributed by atoms with Gasteiger partial charge in [-0.05, 0) is 49.2 Å². The van der Waals surface area contributed by atoms with E-state index in [1.165, 1.54) is 5.56 Å². The Morgan fingerprint density at radius 3 is 2.35 bits per heavy atom. The van der Waals surface area contributed by atoms with E-state index in [0.717, 1.165) is 24.2 Å². The van der Waals surface area contributed by atoms with Crippen LogP contribution in [0.5, 0.6) is 0 Å². The monoisotopic (exact) mass is 305 g/mol. The van der Waals surface area contributed by atoms with E-state index in [1.807, 2.05) is 49.4 Å². The Morgan fingerprint density at radius 2 is 1.74 bits per heavy atom. The fourth-order valence-corrected chi connectivity index (χ4v) is 2.67. The molecule has 0 unspecified atom stereocenters. The molecular formula is C20H19NO2. The molecule has 116 valence electrons. The van der Waals surface area contributed by atoms with Crippen molar-refractivity contribution >= 4 is 23.5 Å². The summed E-state index contributed by atoms with van der Waals surface area (Å²) in [6, 6.07) is 15.3. The van der Waals surface area contributed by atoms with Gasteiger partial charge in [0.2, 0.25) is 5.91 Å². The molecule has 3 rings (SSSR count). The van der Waals surface area contributed by atoms with Crippen LogP contribution in [0.15, 0.2) is 54.6 Å². The zero-order valence-corrected chi connectivity index (χ0v) is 13.2. The number of amides is 1. The number of anilines is 1. The Kier molecular flexibility index (Phi) is 4.38. The van der Waals surface area contributed by atoms with Gasteiger partial charge in [-0.1, -0.05) is 35.9 Å². The Bertz CT molecular complexity index is 742. The first kappa shape index (κ1) is 15.2. The quantitative estimate of drug-likeness (QED) is 0.632. The zero-order valence-electron chi connectivity index (χ0n) is 13.2. The molecule has 1 amide bonds. The highest BCUT2D eigenvalue weighted by atomic mass is 16.2. The lowest BCUT2D eigenvalue weighted by Gasteiger charge is -2.15. The summed E-state index contributed by atoms with van der Waals surface area (Å²) in [6.45, 7) is 2.80. The van der Waals surface area contributed by atoms with Crippen molar-refractivity contribution in [3.05, 3.63) is 71.3 Å². The second-order valence-corrected chi connectivity index (χ2v) is 5.80. The maximum atomic E-state index is 12.2. The highest BCUT2D eigenvalue weighted by Crippen LogP contribution is 2.21. The Labute approximate surface area is 136 Å². The molecule has 0 radical (unpaired) electrons. The molecule has 0 bridgehead atoms. The number of benzene rings is 2. The summed E-state index contributed by atoms with van der Waals surface area (Å²) in [6.07, 6.45) is 4.92. The van der Waals surface area contributed by atoms with Crippen molar-refractivity contribution in [2.24, 2.45) is 0 Å². The molecule has 0 atom stereocenters. The van der Waals surface area contributed by atoms with Crippen LogP contribution in [0, 0.1) is 6.92 Å². The van der Waals surface area contributed by atoms with Crippen molar-refractivity contribution < 1.29 is 9.59 Å². The van der Waals surface area contributed by atoms with Gasteiger partial charge in [0.15, 0.2) is 5.78 Å². The molecule has 1 fully saturated rings. The third-order valence-electron chi connectivity index (χ3n) is 4.04. The molecule has 0 saturated carbocycles. The first-order valence-electron chi connectivity index (χ1n) is 7.83. The number of aryl methyl sites for hydroxylation is 1. The van der Waals surface area contributed by atoms with E-state index >= 15 is 0 Å². The molecule has 0 N–H and O–H groups in total. The SMILES string of the molecule is Cc1ccc(/C=C\C(=O)c2ccc(N3CCCC3=O)cc2)cc1. The Morgan fingerprint density at radius 1 is 1.04 bits per heavy atom. The summed E-state index contributed by atoms with van der Waals surface area (Å²) in [5.74, 6) is 0.119. The number of rotatable bonds is 4. The number of allylic oxidation sites excluding steroid dienone is 1. The molecule has 3 heteroatoms. The molecule has 0 aromatic heterocycles. The van der Waals surface area contributed by atoms with Crippen LogP contribution in [0.1, 0.15) is 34.3 Å². The standard InChI is InChI=1S/C20H19NO2/c1-15-4-6-16(7-5-15)8-13-19(22)17-9-11-18(12-10-17)21-14-2-3-20(21)23/h4-13H,2-3,14H2,1H3/b13-8-. The van der Waals surface area contributed by atoms with Crippen molar-refractivity contribution in [3.63, 3.8) is 0 Å². The van der Waals surface area contributed by atoms with Gasteiger partial charge in [-0.2, -0.15) is 0 Å². The number of ketones is 1. The second kappa shape index (κ2) is 6.61. The molecule has 2 aromatic rings. The minimum Gasteiger partial charge on any atom is -0.312 e. The summed E-state index contributed by atoms with van der Waals surface area (Å²) in [5.41, 5.74) is 3.69. The van der Waals surface area contributed by atoms with Crippen molar-refractivity contribution in [1.82, 2.24) is 0 Å². The molecule has 1 aliphatic heterocycles. The van der Waals surface area contributed by atoms with Crippen LogP contribution in [0.3, 0.4) is 0 Å². The van der Waals surface area contributed by atoms with Gasteiger partial charge in [-0.3, -0.25) is 9.59 Å². The third-order valence-corrected chi connectivity index (χ3v) is 4.04. The molecule has 0 aliphatic carbocycles. The Balaban J connectivity index is 1.70. The summed E-state index contributed by atoms with van der Waals surface area (Å²) in [5, 5.41) is 0. The van der Waals surface area contributed by atoms with Gasteiger partial charge >= 0.3 is 0 Å². The number of nitrogens with zero attached hydrogens (tertiary/aromatic N) is 1. The third kappa shape index (κ3) is 3.57. The van der Waals surface area contributed by atoms with Crippen LogP contribution >= 0.6 is 0 Å². The van der Waals surface area contributed by atoms with Crippen LogP contribution in [0.2, 0.25) is 0 Å². The van der Waals surface area contributed by atoms with E-state index < -0.39 is 0 Å². The maximum Gasteiger partial charge on any atom is 0.227 e. The zero-order chi connectivity index (χ0) is 16.2. The summed E-state index contributed by atoms with van der Waals surface area (Å²) < 4.78 is 0. The smallest absolute Gasteiger partial charge is 0.227 e. The highest BCUT2D eigenvalue weighted by molar-refractivity contribution is 6.07. The van der Waals surface area contributed by atoms with Crippen LogP contribution in [-0.4, -0.2) is 18.2 Å². The molecular weight excluding hydrogens is 286 g/mol. The van der Waals surface area contributed by atoms with Crippen LogP contribution < -0.4 is 4.90 Å². The van der Waals surface area contributed by atoms with Crippen molar-refractivity contribution in [2.75, 3.05) is 11.4 Å². The summed E-state index contributed by atoms with van der Waals surface area (Å²) in [7, 11) is 0. The Hall–Kier alpha value is -2.68. The van der Waals surface area contributed by atoms with Crippen molar-refractivity contribution in [2.45, 2.75) is 19.8 Å². The lowest BCUT2D eigenvalue weighted by atomic mass is 10.1. The molecule has 1 saturated heterocycles. The highest BCUT2D eigenvalue weighted by Gasteiger charge is 2.21. The predicted molar refractivity (Wildman–Crippen MR) is 92.6 cm³/mol. The fraction of sp³-hybridized carbons (Fsp3) is 0.200. The van der Waals surface area contributed by atoms with Crippen LogP contribution in [0.4, 0.5) is 5.69 Å². The number of hydrogen-bond acceptors (Lipinski definition) is 2. The summed E-state index contributed by atoms with van der Waals surface area (Å²) in [4.78, 5) is 25.7. The van der Waals surface area contributed by atoms with Gasteiger partial charge < -0.3 is 4.90 Å². The first-order valence-corrected chi connectivity index (χ1v) is 7.83. The van der Waals surface area contributed by atoms with Gasteiger partial charge in [0.1, 0.15) is 0 Å². The molecule has 1 heterocycles. The van der Waals surface area contributed by atoms with E-state index in [-0.39, 0.29) is 11.7 Å². The molecule has 23 heavy (non-hydrogen) atoms. The maximum absolute atomic E-state index is 12.2. The first-order chi connectivity index (χ1) is 11.1. The molecule has 0 spiro atoms. The van der Waals surface area contributed by atoms with E-state index in [4.69, 9.17) is 0 Å². The van der Waals surface area contributed by atoms with Crippen LogP contribution in [0.25, 0.3) is 6.08 Å². The largest absolute Gasteiger partial charge is 0.312 e. The lowest BCUT2D eigenvalue weighted by molar-refractivity contribution is -0.117. The minimum absolute atomic E-state index is 0.0372. The van der Waals surface area contributed by atoms with E-state index in [2.05, 4.69) is 0 Å². The van der Waals surface area contributed by atoms with Gasteiger partial charge in [0.25, 0.3) is 0 Å². The van der Waals surface area contributed by atoms with E-state index in [9.17, 15) is 9.59 Å². The second-order valence-electron chi connectivity index (χ2n) is 5.80. The predicted octanol–water partition coefficient (Wildman–Crippen LogP) is 4.02.